The zero-order chi connectivity index (χ0) is 9.07. The van der Waals surface area contributed by atoms with E-state index in [1.54, 1.807) is 0 Å². The van der Waals surface area contributed by atoms with Crippen molar-refractivity contribution in [1.82, 2.24) is 5.32 Å². The van der Waals surface area contributed by atoms with Crippen LogP contribution < -0.4 is 5.32 Å². The number of carbonyl (C=O) groups excluding carboxylic acids is 1. The molecule has 0 bridgehead atoms. The Morgan fingerprint density at radius 3 is 2.36 bits per heavy atom. The predicted molar refractivity (Wildman–Crippen MR) is 35.3 cm³/mol. The largest absolute Gasteiger partial charge is 0.381 e. The third-order valence-corrected chi connectivity index (χ3v) is 0.973. The number of nitrogens with one attached hydrogen (secondary N) is 1. The van der Waals surface area contributed by atoms with E-state index in [0.717, 1.165) is 0 Å². The lowest BCUT2D eigenvalue weighted by Crippen LogP contribution is -2.43. The molecule has 0 aromatic carbocycles. The molecule has 0 atom stereocenters. The van der Waals surface area contributed by atoms with Gasteiger partial charge in [0.2, 0.25) is 0 Å². The third kappa shape index (κ3) is 4.66. The van der Waals surface area contributed by atoms with Gasteiger partial charge < -0.3 is 10.4 Å². The van der Waals surface area contributed by atoms with Crippen LogP contribution in [0, 0.1) is 0 Å². The topological polar surface area (TPSA) is 49.3 Å². The van der Waals surface area contributed by atoms with Crippen molar-refractivity contribution in [2.24, 2.45) is 0 Å². The zero-order valence-electron chi connectivity index (χ0n) is 6.40. The van der Waals surface area contributed by atoms with E-state index < -0.39 is 24.5 Å². The summed E-state index contributed by atoms with van der Waals surface area (Å²) in [6, 6.07) is 0. The number of amides is 1. The Kier molecular flexibility index (Phi) is 3.38. The molecular weight excluding hydrogens is 156 g/mol. The maximum Gasteiger partial charge on any atom is 0.255 e. The van der Waals surface area contributed by atoms with Gasteiger partial charge in [0.1, 0.15) is 5.60 Å². The molecule has 0 aliphatic carbocycles. The fourth-order valence-corrected chi connectivity index (χ4v) is 0.386. The van der Waals surface area contributed by atoms with E-state index in [9.17, 15) is 13.6 Å². The van der Waals surface area contributed by atoms with Crippen molar-refractivity contribution < 1.29 is 18.7 Å². The van der Waals surface area contributed by atoms with Crippen LogP contribution in [0.15, 0.2) is 0 Å². The van der Waals surface area contributed by atoms with Crippen LogP contribution in [0.2, 0.25) is 0 Å². The second-order valence-electron chi connectivity index (χ2n) is 2.66. The first-order chi connectivity index (χ1) is 4.84. The van der Waals surface area contributed by atoms with Crippen molar-refractivity contribution in [3.05, 3.63) is 0 Å². The lowest BCUT2D eigenvalue weighted by atomic mass is 10.1. The highest BCUT2D eigenvalue weighted by Gasteiger charge is 2.23. The highest BCUT2D eigenvalue weighted by molar-refractivity contribution is 5.83. The van der Waals surface area contributed by atoms with E-state index in [-0.39, 0.29) is 0 Å². The summed E-state index contributed by atoms with van der Waals surface area (Å²) < 4.78 is 23.0. The van der Waals surface area contributed by atoms with Gasteiger partial charge in [-0.2, -0.15) is 0 Å². The van der Waals surface area contributed by atoms with Crippen LogP contribution in [0.25, 0.3) is 0 Å². The summed E-state index contributed by atoms with van der Waals surface area (Å²) in [7, 11) is 0. The lowest BCUT2D eigenvalue weighted by molar-refractivity contribution is -0.137. The van der Waals surface area contributed by atoms with Gasteiger partial charge in [0.15, 0.2) is 0 Å². The number of halogens is 2. The first kappa shape index (κ1) is 10.3. The maximum atomic E-state index is 11.5. The molecular formula is C6H11F2NO2. The Morgan fingerprint density at radius 1 is 1.64 bits per heavy atom. The minimum atomic E-state index is -2.58. The maximum absolute atomic E-state index is 11.5. The normalized spacial score (nSPS) is 11.8. The van der Waals surface area contributed by atoms with Crippen molar-refractivity contribution in [3.63, 3.8) is 0 Å². The summed E-state index contributed by atoms with van der Waals surface area (Å²) in [5, 5.41) is 10.8. The van der Waals surface area contributed by atoms with Crippen LogP contribution in [0.3, 0.4) is 0 Å². The van der Waals surface area contributed by atoms with Gasteiger partial charge in [-0.15, -0.1) is 0 Å². The molecule has 0 radical (unpaired) electrons. The van der Waals surface area contributed by atoms with Crippen LogP contribution in [-0.2, 0) is 4.79 Å². The Hall–Kier alpha value is -0.710. The zero-order valence-corrected chi connectivity index (χ0v) is 6.40. The summed E-state index contributed by atoms with van der Waals surface area (Å²) in [6.45, 7) is 1.74. The number of rotatable bonds is 3. The van der Waals surface area contributed by atoms with E-state index in [1.807, 2.05) is 5.32 Å². The Morgan fingerprint density at radius 2 is 2.09 bits per heavy atom. The molecule has 5 heteroatoms. The molecule has 0 saturated heterocycles. The fourth-order valence-electron chi connectivity index (χ4n) is 0.386. The molecule has 0 fully saturated rings. The van der Waals surface area contributed by atoms with E-state index in [2.05, 4.69) is 0 Å². The van der Waals surface area contributed by atoms with Gasteiger partial charge in [-0.3, -0.25) is 4.79 Å². The smallest absolute Gasteiger partial charge is 0.255 e. The van der Waals surface area contributed by atoms with Crippen molar-refractivity contribution in [2.75, 3.05) is 6.54 Å². The SMILES string of the molecule is CC(C)(O)C(=O)NCC(F)F. The fraction of sp³-hybridized carbons (Fsp3) is 0.833. The molecule has 0 aromatic heterocycles. The van der Waals surface area contributed by atoms with Gasteiger partial charge in [-0.05, 0) is 13.8 Å². The number of hydrogen-bond acceptors (Lipinski definition) is 2. The van der Waals surface area contributed by atoms with E-state index >= 15 is 0 Å². The first-order valence-corrected chi connectivity index (χ1v) is 3.13. The number of aliphatic hydroxyl groups is 1. The highest BCUT2D eigenvalue weighted by Crippen LogP contribution is 2.00. The van der Waals surface area contributed by atoms with Crippen LogP contribution in [0.5, 0.6) is 0 Å². The molecule has 3 nitrogen and oxygen atoms in total. The minimum absolute atomic E-state index is 0.719. The molecule has 0 spiro atoms. The summed E-state index contributed by atoms with van der Waals surface area (Å²) >= 11 is 0. The molecule has 0 unspecified atom stereocenters. The van der Waals surface area contributed by atoms with Crippen molar-refractivity contribution in [1.29, 1.82) is 0 Å². The Labute approximate surface area is 63.4 Å². The monoisotopic (exact) mass is 167 g/mol. The molecule has 0 saturated carbocycles. The molecule has 0 heterocycles. The number of alkyl halides is 2. The van der Waals surface area contributed by atoms with Gasteiger partial charge in [0, 0.05) is 0 Å². The molecule has 1 amide bonds. The highest BCUT2D eigenvalue weighted by atomic mass is 19.3. The van der Waals surface area contributed by atoms with Crippen LogP contribution in [-0.4, -0.2) is 29.6 Å². The molecule has 0 aromatic rings. The first-order valence-electron chi connectivity index (χ1n) is 3.13. The average Bonchev–Trinajstić information content (AvgIpc) is 1.80. The van der Waals surface area contributed by atoms with Crippen LogP contribution in [0.1, 0.15) is 13.8 Å². The van der Waals surface area contributed by atoms with Crippen molar-refractivity contribution in [3.8, 4) is 0 Å². The Balaban J connectivity index is 3.71. The standard InChI is InChI=1S/C6H11F2NO2/c1-6(2,11)5(10)9-3-4(7)8/h4,11H,3H2,1-2H3,(H,9,10). The second-order valence-corrected chi connectivity index (χ2v) is 2.66. The van der Waals surface area contributed by atoms with E-state index in [1.165, 1.54) is 13.8 Å². The van der Waals surface area contributed by atoms with Gasteiger partial charge >= 0.3 is 0 Å². The molecule has 0 rings (SSSR count). The second kappa shape index (κ2) is 3.61. The van der Waals surface area contributed by atoms with E-state index in [4.69, 9.17) is 5.11 Å². The van der Waals surface area contributed by atoms with Gasteiger partial charge in [-0.25, -0.2) is 8.78 Å². The summed E-state index contributed by atoms with van der Waals surface area (Å²) in [5.41, 5.74) is -1.59. The predicted octanol–water partition coefficient (Wildman–Crippen LogP) is 0.139. The van der Waals surface area contributed by atoms with Gasteiger partial charge in [0.05, 0.1) is 6.54 Å². The minimum Gasteiger partial charge on any atom is -0.381 e. The molecule has 0 aliphatic rings. The summed E-state index contributed by atoms with van der Waals surface area (Å²) in [6.07, 6.45) is -2.58. The summed E-state index contributed by atoms with van der Waals surface area (Å²) in [4.78, 5) is 10.7. The lowest BCUT2D eigenvalue weighted by Gasteiger charge is -2.15. The molecule has 11 heavy (non-hydrogen) atoms. The van der Waals surface area contributed by atoms with E-state index in [0.29, 0.717) is 0 Å². The van der Waals surface area contributed by atoms with Crippen molar-refractivity contribution in [2.45, 2.75) is 25.9 Å². The Bertz CT molecular complexity index is 142. The molecule has 0 aliphatic heterocycles. The van der Waals surface area contributed by atoms with Gasteiger partial charge in [0.25, 0.3) is 12.3 Å². The summed E-state index contributed by atoms with van der Waals surface area (Å²) in [5.74, 6) is -0.794. The van der Waals surface area contributed by atoms with Crippen molar-refractivity contribution >= 4 is 5.91 Å². The van der Waals surface area contributed by atoms with Crippen LogP contribution >= 0.6 is 0 Å². The molecule has 2 N–H and O–H groups in total. The quantitative estimate of drug-likeness (QED) is 0.628. The third-order valence-electron chi connectivity index (χ3n) is 0.973. The average molecular weight is 167 g/mol. The van der Waals surface area contributed by atoms with Gasteiger partial charge in [-0.1, -0.05) is 0 Å². The number of carbonyl (C=O) groups is 1. The molecule has 66 valence electrons. The number of hydrogen-bond donors (Lipinski definition) is 2. The van der Waals surface area contributed by atoms with Crippen LogP contribution in [0.4, 0.5) is 8.78 Å².